The van der Waals surface area contributed by atoms with E-state index < -0.39 is 15.6 Å². The highest BCUT2D eigenvalue weighted by molar-refractivity contribution is 9.11. The first kappa shape index (κ1) is 15.8. The van der Waals surface area contributed by atoms with Gasteiger partial charge in [0.2, 0.25) is 0 Å². The minimum absolute atomic E-state index is 0.323. The van der Waals surface area contributed by atoms with Crippen LogP contribution in [0.15, 0.2) is 20.1 Å². The van der Waals surface area contributed by atoms with E-state index in [0.29, 0.717) is 16.0 Å². The van der Waals surface area contributed by atoms with Gasteiger partial charge in [-0.05, 0) is 46.8 Å². The highest BCUT2D eigenvalue weighted by atomic mass is 79.9. The fraction of sp³-hybridized carbons (Fsp3) is 0.667. The van der Waals surface area contributed by atoms with Crippen molar-refractivity contribution in [1.82, 2.24) is 4.72 Å². The van der Waals surface area contributed by atoms with Crippen molar-refractivity contribution in [2.75, 3.05) is 5.88 Å². The predicted octanol–water partition coefficient (Wildman–Crippen LogP) is 3.98. The van der Waals surface area contributed by atoms with E-state index >= 15 is 0 Å². The molecule has 0 aliphatic heterocycles. The third kappa shape index (κ3) is 3.73. The lowest BCUT2D eigenvalue weighted by molar-refractivity contribution is 0.239. The van der Waals surface area contributed by atoms with Gasteiger partial charge in [-0.2, -0.15) is 0 Å². The Balaban J connectivity index is 2.22. The van der Waals surface area contributed by atoms with Crippen molar-refractivity contribution in [3.63, 3.8) is 0 Å². The molecule has 1 fully saturated rings. The van der Waals surface area contributed by atoms with E-state index in [0.717, 1.165) is 29.5 Å². The Hall–Kier alpha value is 0.380. The Kier molecular flexibility index (Phi) is 4.99. The molecule has 0 saturated heterocycles. The summed E-state index contributed by atoms with van der Waals surface area (Å²) in [5, 5.41) is 0. The van der Waals surface area contributed by atoms with E-state index in [2.05, 4.69) is 27.6 Å². The van der Waals surface area contributed by atoms with Crippen LogP contribution in [0.3, 0.4) is 0 Å². The van der Waals surface area contributed by atoms with Crippen molar-refractivity contribution in [3.8, 4) is 0 Å². The molecule has 1 aliphatic rings. The number of nitrogens with one attached hydrogen (secondary N) is 1. The molecule has 1 heterocycles. The van der Waals surface area contributed by atoms with Crippen LogP contribution in [0.4, 0.5) is 0 Å². The summed E-state index contributed by atoms with van der Waals surface area (Å²) in [4.78, 5) is 0. The molecular weight excluding hydrogens is 370 g/mol. The molecule has 0 amide bonds. The Labute approximate surface area is 131 Å². The number of sulfonamides is 1. The molecule has 2 unspecified atom stereocenters. The summed E-state index contributed by atoms with van der Waals surface area (Å²) >= 11 is 10.6. The number of alkyl halides is 1. The van der Waals surface area contributed by atoms with E-state index in [4.69, 9.17) is 11.6 Å². The summed E-state index contributed by atoms with van der Waals surface area (Å²) < 4.78 is 28.8. The molecule has 0 spiro atoms. The fourth-order valence-electron chi connectivity index (χ4n) is 2.68. The lowest BCUT2D eigenvalue weighted by Gasteiger charge is -2.38. The minimum atomic E-state index is -3.48. The summed E-state index contributed by atoms with van der Waals surface area (Å²) in [6.45, 7) is 2.15. The maximum absolute atomic E-state index is 12.4. The Morgan fingerprint density at radius 1 is 1.58 bits per heavy atom. The normalized spacial score (nSPS) is 28.5. The Morgan fingerprint density at radius 3 is 2.84 bits per heavy atom. The van der Waals surface area contributed by atoms with Crippen LogP contribution in [0.1, 0.15) is 32.6 Å². The highest BCUT2D eigenvalue weighted by Gasteiger charge is 2.38. The van der Waals surface area contributed by atoms with Crippen molar-refractivity contribution in [3.05, 3.63) is 15.9 Å². The number of thiophene rings is 1. The average molecular weight is 387 g/mol. The van der Waals surface area contributed by atoms with Crippen molar-refractivity contribution in [2.24, 2.45) is 5.92 Å². The second-order valence-corrected chi connectivity index (χ2v) is 9.92. The molecule has 7 heteroatoms. The average Bonchev–Trinajstić information content (AvgIpc) is 2.76. The van der Waals surface area contributed by atoms with E-state index in [-0.39, 0.29) is 0 Å². The monoisotopic (exact) mass is 385 g/mol. The molecule has 0 bridgehead atoms. The quantitative estimate of drug-likeness (QED) is 0.796. The van der Waals surface area contributed by atoms with Crippen molar-refractivity contribution in [2.45, 2.75) is 42.4 Å². The lowest BCUT2D eigenvalue weighted by atomic mass is 9.78. The zero-order valence-electron chi connectivity index (χ0n) is 10.7. The van der Waals surface area contributed by atoms with Gasteiger partial charge in [-0.15, -0.1) is 22.9 Å². The largest absolute Gasteiger partial charge is 0.250 e. The van der Waals surface area contributed by atoms with Gasteiger partial charge in [0.05, 0.1) is 3.79 Å². The summed E-state index contributed by atoms with van der Waals surface area (Å²) in [5.74, 6) is 0.827. The zero-order valence-corrected chi connectivity index (χ0v) is 14.6. The molecule has 2 atom stereocenters. The topological polar surface area (TPSA) is 46.2 Å². The van der Waals surface area contributed by atoms with Crippen molar-refractivity contribution >= 4 is 48.9 Å². The second-order valence-electron chi connectivity index (χ2n) is 5.28. The van der Waals surface area contributed by atoms with Crippen LogP contribution >= 0.6 is 38.9 Å². The van der Waals surface area contributed by atoms with Crippen LogP contribution in [-0.2, 0) is 10.0 Å². The number of hydrogen-bond acceptors (Lipinski definition) is 3. The van der Waals surface area contributed by atoms with Gasteiger partial charge in [-0.1, -0.05) is 19.8 Å². The fourth-order valence-corrected chi connectivity index (χ4v) is 6.52. The molecule has 3 nitrogen and oxygen atoms in total. The van der Waals surface area contributed by atoms with Crippen LogP contribution in [0.25, 0.3) is 0 Å². The maximum atomic E-state index is 12.4. The molecule has 1 aromatic heterocycles. The first-order valence-electron chi connectivity index (χ1n) is 6.22. The van der Waals surface area contributed by atoms with Crippen LogP contribution in [-0.4, -0.2) is 19.8 Å². The van der Waals surface area contributed by atoms with Crippen LogP contribution < -0.4 is 4.72 Å². The molecule has 0 aromatic carbocycles. The Bertz CT molecular complexity index is 546. The highest BCUT2D eigenvalue weighted by Crippen LogP contribution is 2.35. The van der Waals surface area contributed by atoms with E-state index in [9.17, 15) is 8.42 Å². The molecule has 1 aromatic rings. The van der Waals surface area contributed by atoms with E-state index in [1.54, 1.807) is 12.1 Å². The SMILES string of the molecule is CC1CCCC(CCl)(NS(=O)(=O)c2ccc(Br)s2)C1. The first-order valence-corrected chi connectivity index (χ1v) is 9.85. The zero-order chi connectivity index (χ0) is 14.1. The van der Waals surface area contributed by atoms with E-state index in [1.165, 1.54) is 11.3 Å². The molecule has 2 rings (SSSR count). The van der Waals surface area contributed by atoms with Crippen molar-refractivity contribution < 1.29 is 8.42 Å². The van der Waals surface area contributed by atoms with Crippen LogP contribution in [0.5, 0.6) is 0 Å². The molecule has 1 N–H and O–H groups in total. The molecule has 1 aliphatic carbocycles. The molecule has 108 valence electrons. The summed E-state index contributed by atoms with van der Waals surface area (Å²) in [6.07, 6.45) is 3.78. The van der Waals surface area contributed by atoms with E-state index in [1.807, 2.05) is 0 Å². The summed E-state index contributed by atoms with van der Waals surface area (Å²) in [5.41, 5.74) is -0.492. The smallest absolute Gasteiger partial charge is 0.206 e. The van der Waals surface area contributed by atoms with Gasteiger partial charge >= 0.3 is 0 Å². The van der Waals surface area contributed by atoms with Gasteiger partial charge in [-0.3, -0.25) is 0 Å². The van der Waals surface area contributed by atoms with Crippen molar-refractivity contribution in [1.29, 1.82) is 0 Å². The van der Waals surface area contributed by atoms with Gasteiger partial charge in [0.15, 0.2) is 0 Å². The van der Waals surface area contributed by atoms with Crippen LogP contribution in [0.2, 0.25) is 0 Å². The lowest BCUT2D eigenvalue weighted by Crippen LogP contribution is -2.52. The maximum Gasteiger partial charge on any atom is 0.250 e. The first-order chi connectivity index (χ1) is 8.87. The summed E-state index contributed by atoms with van der Waals surface area (Å²) in [6, 6.07) is 3.36. The molecule has 19 heavy (non-hydrogen) atoms. The van der Waals surface area contributed by atoms with Gasteiger partial charge in [0.1, 0.15) is 4.21 Å². The Morgan fingerprint density at radius 2 is 2.32 bits per heavy atom. The van der Waals surface area contributed by atoms with Gasteiger partial charge in [0, 0.05) is 11.4 Å². The van der Waals surface area contributed by atoms with Gasteiger partial charge in [-0.25, -0.2) is 13.1 Å². The van der Waals surface area contributed by atoms with Gasteiger partial charge < -0.3 is 0 Å². The molecule has 1 saturated carbocycles. The standard InChI is InChI=1S/C12H17BrClNO2S2/c1-9-3-2-6-12(7-9,8-14)15-19(16,17)11-5-4-10(13)18-11/h4-5,9,15H,2-3,6-8H2,1H3. The number of rotatable bonds is 4. The third-order valence-electron chi connectivity index (χ3n) is 3.51. The van der Waals surface area contributed by atoms with Gasteiger partial charge in [0.25, 0.3) is 10.0 Å². The number of hydrogen-bond donors (Lipinski definition) is 1. The predicted molar refractivity (Wildman–Crippen MR) is 83.4 cm³/mol. The molecule has 0 radical (unpaired) electrons. The number of halogens is 2. The summed E-state index contributed by atoms with van der Waals surface area (Å²) in [7, 11) is -3.48. The minimum Gasteiger partial charge on any atom is -0.206 e. The third-order valence-corrected chi connectivity index (χ3v) is 7.72. The van der Waals surface area contributed by atoms with Crippen LogP contribution in [0, 0.1) is 5.92 Å². The second kappa shape index (κ2) is 6.02. The molecular formula is C12H17BrClNO2S2.